The van der Waals surface area contributed by atoms with Crippen LogP contribution in [0.4, 0.5) is 0 Å². The summed E-state index contributed by atoms with van der Waals surface area (Å²) in [6.45, 7) is 4.97. The molecule has 1 aliphatic heterocycles. The molecule has 2 aromatic rings. The fourth-order valence-corrected chi connectivity index (χ4v) is 6.53. The average Bonchev–Trinajstić information content (AvgIpc) is 3.13. The second-order valence-corrected chi connectivity index (χ2v) is 10.0. The van der Waals surface area contributed by atoms with E-state index >= 15 is 0 Å². The van der Waals surface area contributed by atoms with Crippen LogP contribution in [0.1, 0.15) is 37.3 Å². The van der Waals surface area contributed by atoms with Crippen LogP contribution in [0, 0.1) is 17.8 Å². The maximum Gasteiger partial charge on any atom is 0.166 e. The van der Waals surface area contributed by atoms with Gasteiger partial charge >= 0.3 is 0 Å². The van der Waals surface area contributed by atoms with Crippen LogP contribution >= 0.6 is 0 Å². The predicted molar refractivity (Wildman–Crippen MR) is 122 cm³/mol. The third kappa shape index (κ3) is 3.75. The molecule has 5 rings (SSSR count). The summed E-state index contributed by atoms with van der Waals surface area (Å²) in [6, 6.07) is 21.4. The molecule has 4 heteroatoms. The second-order valence-electron chi connectivity index (χ2n) is 10.0. The third-order valence-electron chi connectivity index (χ3n) is 8.27. The number of hydrogen-bond acceptors (Lipinski definition) is 4. The van der Waals surface area contributed by atoms with Crippen molar-refractivity contribution >= 4 is 5.78 Å². The number of piperidine rings is 1. The molecule has 0 amide bonds. The van der Waals surface area contributed by atoms with Crippen LogP contribution in [0.15, 0.2) is 60.7 Å². The van der Waals surface area contributed by atoms with Crippen molar-refractivity contribution < 1.29 is 9.90 Å². The van der Waals surface area contributed by atoms with Gasteiger partial charge in [0.1, 0.15) is 0 Å². The third-order valence-corrected chi connectivity index (χ3v) is 8.27. The Morgan fingerprint density at radius 3 is 2.26 bits per heavy atom. The van der Waals surface area contributed by atoms with Crippen molar-refractivity contribution in [3.63, 3.8) is 0 Å². The summed E-state index contributed by atoms with van der Waals surface area (Å²) in [5.74, 6) is 1.40. The zero-order valence-corrected chi connectivity index (χ0v) is 18.7. The van der Waals surface area contributed by atoms with Crippen LogP contribution in [0.3, 0.4) is 0 Å². The lowest BCUT2D eigenvalue weighted by atomic mass is 9.77. The van der Waals surface area contributed by atoms with Crippen LogP contribution in [-0.2, 0) is 16.9 Å². The molecule has 2 aromatic carbocycles. The van der Waals surface area contributed by atoms with Crippen LogP contribution in [-0.4, -0.2) is 52.9 Å². The van der Waals surface area contributed by atoms with E-state index in [1.54, 1.807) is 0 Å². The van der Waals surface area contributed by atoms with E-state index in [1.165, 1.54) is 25.6 Å². The Morgan fingerprint density at radius 2 is 1.65 bits per heavy atom. The summed E-state index contributed by atoms with van der Waals surface area (Å²) >= 11 is 0. The topological polar surface area (TPSA) is 43.8 Å². The number of benzene rings is 2. The van der Waals surface area contributed by atoms with Gasteiger partial charge < -0.3 is 5.11 Å². The number of carbonyl (C=O) groups excluding carboxylic acids is 1. The van der Waals surface area contributed by atoms with Gasteiger partial charge in [-0.2, -0.15) is 0 Å². The van der Waals surface area contributed by atoms with Crippen molar-refractivity contribution in [3.8, 4) is 0 Å². The minimum Gasteiger partial charge on any atom is -0.377 e. The number of carbonyl (C=O) groups is 1. The number of hydrogen-bond donors (Lipinski definition) is 1. The first-order valence-corrected chi connectivity index (χ1v) is 11.8. The van der Waals surface area contributed by atoms with Gasteiger partial charge in [0.05, 0.1) is 0 Å². The largest absolute Gasteiger partial charge is 0.377 e. The lowest BCUT2D eigenvalue weighted by Gasteiger charge is -2.33. The minimum absolute atomic E-state index is 0.00646. The van der Waals surface area contributed by atoms with E-state index in [1.807, 2.05) is 30.3 Å². The fourth-order valence-electron chi connectivity index (χ4n) is 6.53. The van der Waals surface area contributed by atoms with Crippen molar-refractivity contribution in [1.82, 2.24) is 9.80 Å². The summed E-state index contributed by atoms with van der Waals surface area (Å²) in [5, 5.41) is 11.5. The van der Waals surface area contributed by atoms with E-state index in [-0.39, 0.29) is 11.7 Å². The zero-order valence-electron chi connectivity index (χ0n) is 18.7. The van der Waals surface area contributed by atoms with Gasteiger partial charge in [-0.1, -0.05) is 60.7 Å². The molecule has 2 aliphatic carbocycles. The molecular weight excluding hydrogens is 384 g/mol. The van der Waals surface area contributed by atoms with E-state index < -0.39 is 5.60 Å². The first-order chi connectivity index (χ1) is 15.0. The number of nitrogens with zero attached hydrogens (tertiary/aromatic N) is 2. The maximum absolute atomic E-state index is 12.6. The molecule has 3 aliphatic rings. The summed E-state index contributed by atoms with van der Waals surface area (Å²) in [6.07, 6.45) is 2.86. The van der Waals surface area contributed by atoms with Crippen molar-refractivity contribution in [1.29, 1.82) is 0 Å². The Kier molecular flexibility index (Phi) is 5.49. The molecule has 1 N–H and O–H groups in total. The van der Waals surface area contributed by atoms with Crippen molar-refractivity contribution in [2.75, 3.05) is 20.1 Å². The molecule has 0 aromatic heterocycles. The summed E-state index contributed by atoms with van der Waals surface area (Å²) in [7, 11) is 2.27. The number of rotatable bonds is 7. The van der Waals surface area contributed by atoms with Crippen LogP contribution in [0.25, 0.3) is 0 Å². The van der Waals surface area contributed by atoms with Crippen LogP contribution < -0.4 is 0 Å². The van der Waals surface area contributed by atoms with Gasteiger partial charge in [-0.05, 0) is 56.2 Å². The van der Waals surface area contributed by atoms with Crippen molar-refractivity contribution in [2.24, 2.45) is 17.8 Å². The lowest BCUT2D eigenvalue weighted by molar-refractivity contribution is -0.142. The SMILES string of the molecule is CC(=O)C(O)(c1ccccc1)C1CCC(N(C)C2C3CN(Cc4ccccc4)CC32)C1. The summed E-state index contributed by atoms with van der Waals surface area (Å²) in [5.41, 5.74) is 0.787. The smallest absolute Gasteiger partial charge is 0.166 e. The summed E-state index contributed by atoms with van der Waals surface area (Å²) < 4.78 is 0. The van der Waals surface area contributed by atoms with Gasteiger partial charge in [0, 0.05) is 37.6 Å². The van der Waals surface area contributed by atoms with E-state index in [0.29, 0.717) is 12.1 Å². The number of ketones is 1. The molecule has 1 saturated heterocycles. The van der Waals surface area contributed by atoms with E-state index in [4.69, 9.17) is 0 Å². The highest BCUT2D eigenvalue weighted by molar-refractivity contribution is 5.86. The number of Topliss-reactive ketones (excluding diaryl/α,β-unsaturated/α-hetero) is 1. The Morgan fingerprint density at radius 1 is 1.03 bits per heavy atom. The first-order valence-electron chi connectivity index (χ1n) is 11.8. The summed E-state index contributed by atoms with van der Waals surface area (Å²) in [4.78, 5) is 17.7. The number of fused-ring (bicyclic) bond motifs is 1. The number of aliphatic hydroxyl groups is 1. The number of likely N-dealkylation sites (tertiary alicyclic amines) is 1. The Labute approximate surface area is 185 Å². The molecule has 0 spiro atoms. The fraction of sp³-hybridized carbons (Fsp3) is 0.519. The van der Waals surface area contributed by atoms with Crippen molar-refractivity contribution in [3.05, 3.63) is 71.8 Å². The van der Waals surface area contributed by atoms with Crippen LogP contribution in [0.2, 0.25) is 0 Å². The van der Waals surface area contributed by atoms with Crippen LogP contribution in [0.5, 0.6) is 0 Å². The minimum atomic E-state index is -1.36. The standard InChI is InChI=1S/C27H34N2O2/c1-19(30)27(31,21-11-7-4-8-12-21)22-13-14-23(15-22)28(2)26-24-17-29(18-25(24)26)16-20-9-5-3-6-10-20/h3-12,22-26,31H,13-18H2,1-2H3. The molecule has 0 radical (unpaired) electrons. The molecule has 3 fully saturated rings. The lowest BCUT2D eigenvalue weighted by Crippen LogP contribution is -2.42. The van der Waals surface area contributed by atoms with Gasteiger partial charge in [-0.15, -0.1) is 0 Å². The molecule has 2 saturated carbocycles. The maximum atomic E-state index is 12.6. The van der Waals surface area contributed by atoms with Gasteiger partial charge in [0.15, 0.2) is 11.4 Å². The van der Waals surface area contributed by atoms with Gasteiger partial charge in [-0.25, -0.2) is 0 Å². The molecular formula is C27H34N2O2. The Balaban J connectivity index is 1.19. The predicted octanol–water partition coefficient (Wildman–Crippen LogP) is 3.69. The zero-order chi connectivity index (χ0) is 21.6. The monoisotopic (exact) mass is 418 g/mol. The normalized spacial score (nSPS) is 32.1. The van der Waals surface area contributed by atoms with Gasteiger partial charge in [0.2, 0.25) is 0 Å². The molecule has 1 heterocycles. The second kappa shape index (κ2) is 8.16. The Bertz CT molecular complexity index is 905. The Hall–Kier alpha value is -2.01. The van der Waals surface area contributed by atoms with Gasteiger partial charge in [-0.3, -0.25) is 14.6 Å². The van der Waals surface area contributed by atoms with Crippen molar-refractivity contribution in [2.45, 2.75) is 50.4 Å². The molecule has 164 valence electrons. The quantitative estimate of drug-likeness (QED) is 0.745. The molecule has 31 heavy (non-hydrogen) atoms. The molecule has 5 unspecified atom stereocenters. The van der Waals surface area contributed by atoms with E-state index in [0.717, 1.165) is 43.2 Å². The highest BCUT2D eigenvalue weighted by atomic mass is 16.3. The highest BCUT2D eigenvalue weighted by Crippen LogP contribution is 2.52. The molecule has 4 nitrogen and oxygen atoms in total. The molecule has 5 atom stereocenters. The molecule has 0 bridgehead atoms. The first kappa shape index (κ1) is 20.9. The average molecular weight is 419 g/mol. The van der Waals surface area contributed by atoms with Gasteiger partial charge in [0.25, 0.3) is 0 Å². The van der Waals surface area contributed by atoms with E-state index in [2.05, 4.69) is 47.2 Å². The van der Waals surface area contributed by atoms with E-state index in [9.17, 15) is 9.90 Å². The highest BCUT2D eigenvalue weighted by Gasteiger charge is 2.59.